The topological polar surface area (TPSA) is 27.7 Å². The molecule has 0 aromatic heterocycles. The van der Waals surface area contributed by atoms with Gasteiger partial charge in [-0.15, -0.1) is 0 Å². The molecule has 0 unspecified atom stereocenters. The first-order chi connectivity index (χ1) is 17.1. The third-order valence-electron chi connectivity index (χ3n) is 7.04. The summed E-state index contributed by atoms with van der Waals surface area (Å²) in [5.74, 6) is -1.11. The highest BCUT2D eigenvalue weighted by Gasteiger charge is 2.38. The van der Waals surface area contributed by atoms with Gasteiger partial charge in [-0.2, -0.15) is 4.39 Å². The Morgan fingerprint density at radius 2 is 1.22 bits per heavy atom. The van der Waals surface area contributed by atoms with Crippen molar-refractivity contribution in [3.05, 3.63) is 48.0 Å². The van der Waals surface area contributed by atoms with Crippen molar-refractivity contribution >= 4 is 15.4 Å². The van der Waals surface area contributed by atoms with E-state index >= 15 is 0 Å². The van der Waals surface area contributed by atoms with Gasteiger partial charge in [0, 0.05) is 12.2 Å². The van der Waals surface area contributed by atoms with Crippen LogP contribution in [0.4, 0.5) is 8.78 Å². The Labute approximate surface area is 219 Å². The summed E-state index contributed by atoms with van der Waals surface area (Å²) in [6, 6.07) is 10.2. The van der Waals surface area contributed by atoms with Crippen molar-refractivity contribution in [2.75, 3.05) is 19.8 Å². The van der Waals surface area contributed by atoms with Gasteiger partial charge < -0.3 is 13.9 Å². The van der Waals surface area contributed by atoms with E-state index in [4.69, 9.17) is 13.9 Å². The van der Waals surface area contributed by atoms with Crippen molar-refractivity contribution in [1.29, 1.82) is 0 Å². The molecule has 0 aliphatic carbocycles. The van der Waals surface area contributed by atoms with E-state index in [0.29, 0.717) is 18.8 Å². The van der Waals surface area contributed by atoms with E-state index in [-0.39, 0.29) is 11.3 Å². The van der Waals surface area contributed by atoms with Gasteiger partial charge in [-0.1, -0.05) is 70.8 Å². The quantitative estimate of drug-likeness (QED) is 0.149. The van der Waals surface area contributed by atoms with Gasteiger partial charge in [-0.25, -0.2) is 4.39 Å². The summed E-state index contributed by atoms with van der Waals surface area (Å²) >= 11 is 0. The van der Waals surface area contributed by atoms with Crippen molar-refractivity contribution in [1.82, 2.24) is 0 Å². The minimum Gasteiger partial charge on any atom is -0.494 e. The summed E-state index contributed by atoms with van der Waals surface area (Å²) in [7, 11) is -2.80. The normalized spacial score (nSPS) is 12.1. The molecule has 0 saturated carbocycles. The first-order valence-corrected chi connectivity index (χ1v) is 21.0. The zero-order valence-electron chi connectivity index (χ0n) is 23.2. The van der Waals surface area contributed by atoms with Crippen molar-refractivity contribution in [3.8, 4) is 22.6 Å². The van der Waals surface area contributed by atoms with Crippen molar-refractivity contribution in [2.24, 2.45) is 0 Å². The predicted molar refractivity (Wildman–Crippen MR) is 152 cm³/mol. The zero-order valence-corrected chi connectivity index (χ0v) is 25.2. The molecule has 3 nitrogen and oxygen atoms in total. The number of hydrogen-bond donors (Lipinski definition) is 0. The summed E-state index contributed by atoms with van der Waals surface area (Å²) in [5, 5.41) is 0. The minimum atomic E-state index is -1.56. The van der Waals surface area contributed by atoms with Crippen LogP contribution >= 0.6 is 0 Å². The molecular weight excluding hydrogens is 490 g/mol. The van der Waals surface area contributed by atoms with Crippen LogP contribution in [0.1, 0.15) is 58.3 Å². The summed E-state index contributed by atoms with van der Waals surface area (Å²) in [6.45, 7) is 15.8. The smallest absolute Gasteiger partial charge is 0.201 e. The molecule has 0 amide bonds. The summed E-state index contributed by atoms with van der Waals surface area (Å²) in [5.41, 5.74) is 0.824. The standard InChI is InChI=1S/C29H46F2O3Si2/c1-7-8-9-10-11-12-22-33-27-20-19-26(28(30)29(27)31)24-15-17-25(18-16-24)32-21-13-14-23-34-36(5,6)35(2,3)4/h15-20H,7-14,21-23H2,1-6H3. The van der Waals surface area contributed by atoms with Gasteiger partial charge in [0.05, 0.1) is 20.8 Å². The number of benzene rings is 2. The third kappa shape index (κ3) is 9.63. The first-order valence-electron chi connectivity index (χ1n) is 13.5. The highest BCUT2D eigenvalue weighted by molar-refractivity contribution is 7.37. The maximum atomic E-state index is 14.7. The summed E-state index contributed by atoms with van der Waals surface area (Å²) in [6.07, 6.45) is 8.59. The van der Waals surface area contributed by atoms with Crippen LogP contribution in [0.5, 0.6) is 11.5 Å². The fraction of sp³-hybridized carbons (Fsp3) is 0.586. The minimum absolute atomic E-state index is 0.0235. The number of halogens is 2. The molecule has 0 bridgehead atoms. The molecule has 0 aliphatic rings. The Hall–Kier alpha value is -1.71. The number of unbranched alkanes of at least 4 members (excludes halogenated alkanes) is 6. The van der Waals surface area contributed by atoms with E-state index < -0.39 is 27.1 Å². The second-order valence-electron chi connectivity index (χ2n) is 11.0. The fourth-order valence-electron chi connectivity index (χ4n) is 3.60. The monoisotopic (exact) mass is 536 g/mol. The lowest BCUT2D eigenvalue weighted by Gasteiger charge is -2.34. The van der Waals surface area contributed by atoms with Gasteiger partial charge >= 0.3 is 0 Å². The Morgan fingerprint density at radius 3 is 1.89 bits per heavy atom. The predicted octanol–water partition coefficient (Wildman–Crippen LogP) is 9.17. The maximum Gasteiger partial charge on any atom is 0.201 e. The SMILES string of the molecule is CCCCCCCCOc1ccc(-c2ccc(OCCCCO[Si](C)(C)[Si](C)(C)C)cc2)c(F)c1F. The average Bonchev–Trinajstić information content (AvgIpc) is 2.83. The van der Waals surface area contributed by atoms with Crippen LogP contribution in [-0.4, -0.2) is 35.2 Å². The Kier molecular flexibility index (Phi) is 12.6. The van der Waals surface area contributed by atoms with E-state index in [1.54, 1.807) is 30.3 Å². The molecule has 2 aromatic carbocycles. The van der Waals surface area contributed by atoms with Crippen LogP contribution in [0, 0.1) is 11.6 Å². The number of ether oxygens (including phenoxy) is 2. The first kappa shape index (κ1) is 30.5. The summed E-state index contributed by atoms with van der Waals surface area (Å²) in [4.78, 5) is 0. The van der Waals surface area contributed by atoms with Crippen molar-refractivity contribution in [2.45, 2.75) is 91.0 Å². The largest absolute Gasteiger partial charge is 0.494 e. The number of rotatable bonds is 17. The number of hydrogen-bond acceptors (Lipinski definition) is 3. The Bertz CT molecular complexity index is 912. The van der Waals surface area contributed by atoms with Gasteiger partial charge in [0.1, 0.15) is 5.75 Å². The van der Waals surface area contributed by atoms with E-state index in [1.807, 2.05) is 0 Å². The lowest BCUT2D eigenvalue weighted by atomic mass is 10.0. The molecule has 0 heterocycles. The van der Waals surface area contributed by atoms with Crippen molar-refractivity contribution in [3.63, 3.8) is 0 Å². The Morgan fingerprint density at radius 1 is 0.639 bits per heavy atom. The van der Waals surface area contributed by atoms with Crippen molar-refractivity contribution < 1.29 is 22.7 Å². The van der Waals surface area contributed by atoms with Crippen LogP contribution in [0.3, 0.4) is 0 Å². The lowest BCUT2D eigenvalue weighted by Crippen LogP contribution is -2.54. The Balaban J connectivity index is 1.79. The molecule has 2 aromatic rings. The molecule has 0 N–H and O–H groups in total. The molecular formula is C29H46F2O3Si2. The molecule has 202 valence electrons. The molecule has 0 spiro atoms. The average molecular weight is 537 g/mol. The molecule has 0 atom stereocenters. The molecule has 0 radical (unpaired) electrons. The molecule has 0 aliphatic heterocycles. The molecule has 36 heavy (non-hydrogen) atoms. The van der Waals surface area contributed by atoms with E-state index in [9.17, 15) is 8.78 Å². The van der Waals surface area contributed by atoms with Gasteiger partial charge in [0.25, 0.3) is 0 Å². The maximum absolute atomic E-state index is 14.7. The second kappa shape index (κ2) is 14.9. The van der Waals surface area contributed by atoms with E-state index in [2.05, 4.69) is 39.7 Å². The fourth-order valence-corrected chi connectivity index (χ4v) is 6.29. The third-order valence-corrected chi connectivity index (χ3v) is 22.9. The summed E-state index contributed by atoms with van der Waals surface area (Å²) < 4.78 is 46.9. The van der Waals surface area contributed by atoms with Crippen LogP contribution in [0.15, 0.2) is 36.4 Å². The van der Waals surface area contributed by atoms with Gasteiger partial charge in [0.15, 0.2) is 19.4 Å². The molecule has 0 fully saturated rings. The molecule has 7 heteroatoms. The van der Waals surface area contributed by atoms with Crippen LogP contribution in [0.2, 0.25) is 32.7 Å². The molecule has 0 saturated heterocycles. The van der Waals surface area contributed by atoms with Gasteiger partial charge in [-0.3, -0.25) is 0 Å². The highest BCUT2D eigenvalue weighted by atomic mass is 29.3. The van der Waals surface area contributed by atoms with Crippen LogP contribution in [-0.2, 0) is 4.43 Å². The molecule has 2 rings (SSSR count). The van der Waals surface area contributed by atoms with Gasteiger partial charge in [-0.05, 0) is 62.2 Å². The zero-order chi connectivity index (χ0) is 26.6. The van der Waals surface area contributed by atoms with Gasteiger partial charge in [0.2, 0.25) is 5.82 Å². The van der Waals surface area contributed by atoms with E-state index in [1.165, 1.54) is 25.3 Å². The highest BCUT2D eigenvalue weighted by Crippen LogP contribution is 2.31. The van der Waals surface area contributed by atoms with Crippen LogP contribution < -0.4 is 9.47 Å². The second-order valence-corrected chi connectivity index (χ2v) is 27.0. The van der Waals surface area contributed by atoms with E-state index in [0.717, 1.165) is 44.5 Å². The van der Waals surface area contributed by atoms with Crippen LogP contribution in [0.25, 0.3) is 11.1 Å². The lowest BCUT2D eigenvalue weighted by molar-refractivity contribution is 0.266.